The SMILES string of the molecule is CC1(C)CC(=O)C2=C(C1)n1c(=O)ccc(=O)n1C2c1cccc([N+](=O)[O-])c1. The Hall–Kier alpha value is -3.29. The van der Waals surface area contributed by atoms with Crippen molar-refractivity contribution >= 4 is 17.2 Å². The molecule has 0 amide bonds. The molecular weight excluding hydrogens is 350 g/mol. The van der Waals surface area contributed by atoms with Crippen LogP contribution < -0.4 is 11.1 Å². The number of carbonyl (C=O) groups is 1. The predicted molar refractivity (Wildman–Crippen MR) is 97.4 cm³/mol. The van der Waals surface area contributed by atoms with Crippen LogP contribution in [0.1, 0.15) is 38.3 Å². The van der Waals surface area contributed by atoms with Crippen molar-refractivity contribution in [3.63, 3.8) is 0 Å². The van der Waals surface area contributed by atoms with Crippen molar-refractivity contribution in [2.24, 2.45) is 5.41 Å². The standard InChI is InChI=1S/C19H17N3O5/c1-19(2)9-13-17(14(23)10-19)18(11-4-3-5-12(8-11)22(26)27)21-16(25)7-6-15(24)20(13)21/h3-8,18H,9-10H2,1-2H3. The molecular formula is C19H17N3O5. The van der Waals surface area contributed by atoms with Gasteiger partial charge in [-0.25, -0.2) is 9.36 Å². The first-order valence-corrected chi connectivity index (χ1v) is 8.55. The van der Waals surface area contributed by atoms with Gasteiger partial charge in [-0.1, -0.05) is 26.0 Å². The molecule has 1 aliphatic heterocycles. The first-order valence-electron chi connectivity index (χ1n) is 8.55. The quantitative estimate of drug-likeness (QED) is 0.597. The highest BCUT2D eigenvalue weighted by Gasteiger charge is 2.44. The molecule has 8 nitrogen and oxygen atoms in total. The van der Waals surface area contributed by atoms with E-state index in [1.807, 2.05) is 13.8 Å². The molecule has 4 rings (SSSR count). The van der Waals surface area contributed by atoms with Crippen LogP contribution in [0.25, 0.3) is 5.70 Å². The number of fused-ring (bicyclic) bond motifs is 2. The fraction of sp³-hybridized carbons (Fsp3) is 0.316. The molecule has 0 N–H and O–H groups in total. The lowest BCUT2D eigenvalue weighted by molar-refractivity contribution is -0.384. The van der Waals surface area contributed by atoms with Crippen LogP contribution in [0.5, 0.6) is 0 Å². The van der Waals surface area contributed by atoms with Gasteiger partial charge in [0.05, 0.1) is 10.6 Å². The summed E-state index contributed by atoms with van der Waals surface area (Å²) in [5, 5.41) is 11.2. The largest absolute Gasteiger partial charge is 0.294 e. The van der Waals surface area contributed by atoms with E-state index in [2.05, 4.69) is 0 Å². The Morgan fingerprint density at radius 2 is 1.78 bits per heavy atom. The van der Waals surface area contributed by atoms with Gasteiger partial charge in [0.1, 0.15) is 6.04 Å². The van der Waals surface area contributed by atoms with Gasteiger partial charge in [-0.15, -0.1) is 0 Å². The van der Waals surface area contributed by atoms with Gasteiger partial charge in [-0.3, -0.25) is 24.5 Å². The highest BCUT2D eigenvalue weighted by molar-refractivity contribution is 6.04. The third kappa shape index (κ3) is 2.56. The minimum atomic E-state index is -0.843. The van der Waals surface area contributed by atoms with E-state index < -0.39 is 22.1 Å². The van der Waals surface area contributed by atoms with E-state index in [9.17, 15) is 24.5 Å². The summed E-state index contributed by atoms with van der Waals surface area (Å²) in [6, 6.07) is 7.35. The summed E-state index contributed by atoms with van der Waals surface area (Å²) >= 11 is 0. The Balaban J connectivity index is 2.04. The fourth-order valence-electron chi connectivity index (χ4n) is 4.04. The number of aromatic nitrogens is 2. The van der Waals surface area contributed by atoms with Crippen molar-refractivity contribution in [1.29, 1.82) is 0 Å². The molecule has 1 aromatic heterocycles. The van der Waals surface area contributed by atoms with Crippen molar-refractivity contribution in [3.8, 4) is 0 Å². The molecule has 0 bridgehead atoms. The van der Waals surface area contributed by atoms with Crippen molar-refractivity contribution in [2.75, 3.05) is 0 Å². The summed E-state index contributed by atoms with van der Waals surface area (Å²) in [6.45, 7) is 3.87. The van der Waals surface area contributed by atoms with Gasteiger partial charge in [0.25, 0.3) is 16.8 Å². The second kappa shape index (κ2) is 5.60. The molecule has 2 aliphatic rings. The molecule has 0 saturated carbocycles. The maximum absolute atomic E-state index is 13.0. The number of non-ortho nitro benzene ring substituents is 1. The number of Topliss-reactive ketones (excluding diaryl/α,β-unsaturated/α-hetero) is 1. The molecule has 1 atom stereocenters. The van der Waals surface area contributed by atoms with E-state index in [0.717, 1.165) is 6.07 Å². The topological polar surface area (TPSA) is 104 Å². The molecule has 1 aliphatic carbocycles. The van der Waals surface area contributed by atoms with Gasteiger partial charge < -0.3 is 0 Å². The summed E-state index contributed by atoms with van der Waals surface area (Å²) in [5.41, 5.74) is -0.00189. The van der Waals surface area contributed by atoms with Gasteiger partial charge in [-0.05, 0) is 17.4 Å². The second-order valence-electron chi connectivity index (χ2n) is 7.72. The smallest absolute Gasteiger partial charge is 0.269 e. The minimum Gasteiger partial charge on any atom is -0.294 e. The number of carbonyl (C=O) groups excluding carboxylic acids is 1. The summed E-state index contributed by atoms with van der Waals surface area (Å²) < 4.78 is 2.51. The van der Waals surface area contributed by atoms with Crippen molar-refractivity contribution in [2.45, 2.75) is 32.7 Å². The molecule has 1 unspecified atom stereocenters. The third-order valence-electron chi connectivity index (χ3n) is 5.09. The van der Waals surface area contributed by atoms with Gasteiger partial charge in [0.2, 0.25) is 0 Å². The molecule has 138 valence electrons. The summed E-state index contributed by atoms with van der Waals surface area (Å²) in [5.74, 6) is -0.146. The van der Waals surface area contributed by atoms with Crippen LogP contribution in [-0.4, -0.2) is 20.1 Å². The van der Waals surface area contributed by atoms with E-state index in [1.165, 1.54) is 33.6 Å². The zero-order chi connectivity index (χ0) is 19.5. The number of hydrogen-bond donors (Lipinski definition) is 0. The number of hydrogen-bond acceptors (Lipinski definition) is 5. The number of rotatable bonds is 2. The lowest BCUT2D eigenvalue weighted by Gasteiger charge is -2.30. The van der Waals surface area contributed by atoms with E-state index in [4.69, 9.17) is 0 Å². The summed E-state index contributed by atoms with van der Waals surface area (Å²) in [4.78, 5) is 48.8. The van der Waals surface area contributed by atoms with Gasteiger partial charge in [-0.2, -0.15) is 0 Å². The zero-order valence-corrected chi connectivity index (χ0v) is 14.8. The lowest BCUT2D eigenvalue weighted by Crippen LogP contribution is -2.36. The number of benzene rings is 1. The molecule has 0 radical (unpaired) electrons. The van der Waals surface area contributed by atoms with Crippen LogP contribution in [0.15, 0.2) is 51.6 Å². The molecule has 8 heteroatoms. The number of nitro groups is 1. The minimum absolute atomic E-state index is 0.136. The Morgan fingerprint density at radius 1 is 1.07 bits per heavy atom. The predicted octanol–water partition coefficient (Wildman–Crippen LogP) is 2.12. The summed E-state index contributed by atoms with van der Waals surface area (Å²) in [7, 11) is 0. The first-order chi connectivity index (χ1) is 12.7. The van der Waals surface area contributed by atoms with Crippen molar-refractivity contribution < 1.29 is 9.72 Å². The van der Waals surface area contributed by atoms with E-state index in [1.54, 1.807) is 6.07 Å². The molecule has 0 spiro atoms. The normalized spacial score (nSPS) is 20.4. The van der Waals surface area contributed by atoms with Crippen LogP contribution in [0.2, 0.25) is 0 Å². The zero-order valence-electron chi connectivity index (χ0n) is 14.8. The van der Waals surface area contributed by atoms with Crippen LogP contribution >= 0.6 is 0 Å². The Kier molecular flexibility index (Phi) is 3.56. The van der Waals surface area contributed by atoms with Crippen LogP contribution in [0, 0.1) is 15.5 Å². The molecule has 0 fully saturated rings. The number of allylic oxidation sites excluding steroid dienone is 2. The van der Waals surface area contributed by atoms with Crippen LogP contribution in [0.3, 0.4) is 0 Å². The molecule has 2 aromatic rings. The van der Waals surface area contributed by atoms with E-state index in [0.29, 0.717) is 23.3 Å². The van der Waals surface area contributed by atoms with Crippen LogP contribution in [-0.2, 0) is 4.79 Å². The number of nitrogens with zero attached hydrogens (tertiary/aromatic N) is 3. The Morgan fingerprint density at radius 3 is 2.48 bits per heavy atom. The van der Waals surface area contributed by atoms with Crippen molar-refractivity contribution in [1.82, 2.24) is 9.36 Å². The van der Waals surface area contributed by atoms with E-state index in [-0.39, 0.29) is 23.3 Å². The van der Waals surface area contributed by atoms with Crippen molar-refractivity contribution in [3.05, 3.63) is 78.4 Å². The van der Waals surface area contributed by atoms with E-state index >= 15 is 0 Å². The first kappa shape index (κ1) is 17.1. The Bertz CT molecular complexity index is 1150. The third-order valence-corrected chi connectivity index (χ3v) is 5.09. The number of nitro benzene ring substituents is 1. The maximum atomic E-state index is 13.0. The van der Waals surface area contributed by atoms with Gasteiger partial charge in [0.15, 0.2) is 5.78 Å². The number of ketones is 1. The highest BCUT2D eigenvalue weighted by atomic mass is 16.6. The maximum Gasteiger partial charge on any atom is 0.269 e. The summed E-state index contributed by atoms with van der Waals surface area (Å²) in [6.07, 6.45) is 0.748. The molecule has 27 heavy (non-hydrogen) atoms. The average Bonchev–Trinajstić information content (AvgIpc) is 2.93. The highest BCUT2D eigenvalue weighted by Crippen LogP contribution is 2.46. The van der Waals surface area contributed by atoms with Crippen LogP contribution in [0.4, 0.5) is 5.69 Å². The second-order valence-corrected chi connectivity index (χ2v) is 7.72. The molecule has 1 aromatic carbocycles. The average molecular weight is 367 g/mol. The lowest BCUT2D eigenvalue weighted by atomic mass is 9.74. The monoisotopic (exact) mass is 367 g/mol. The Labute approximate surface area is 153 Å². The van der Waals surface area contributed by atoms with Gasteiger partial charge in [0, 0.05) is 36.3 Å². The van der Waals surface area contributed by atoms with Gasteiger partial charge >= 0.3 is 0 Å². The molecule has 0 saturated heterocycles. The molecule has 2 heterocycles. The fourth-order valence-corrected chi connectivity index (χ4v) is 4.04.